The first-order valence-corrected chi connectivity index (χ1v) is 8.34. The summed E-state index contributed by atoms with van der Waals surface area (Å²) in [4.78, 5) is 24.4. The van der Waals surface area contributed by atoms with Crippen molar-refractivity contribution in [1.82, 2.24) is 5.32 Å². The maximum absolute atomic E-state index is 13.4. The first-order chi connectivity index (χ1) is 12.5. The lowest BCUT2D eigenvalue weighted by molar-refractivity contribution is -0.115. The summed E-state index contributed by atoms with van der Waals surface area (Å²) in [6.07, 6.45) is 0.789. The van der Waals surface area contributed by atoms with Crippen LogP contribution in [0.25, 0.3) is 11.0 Å². The van der Waals surface area contributed by atoms with Crippen LogP contribution < -0.4 is 10.6 Å². The van der Waals surface area contributed by atoms with E-state index in [-0.39, 0.29) is 18.2 Å². The smallest absolute Gasteiger partial charge is 0.287 e. The van der Waals surface area contributed by atoms with Crippen LogP contribution in [0.3, 0.4) is 0 Å². The number of hydrogen-bond acceptors (Lipinski definition) is 3. The lowest BCUT2D eigenvalue weighted by atomic mass is 10.1. The number of rotatable bonds is 5. The van der Waals surface area contributed by atoms with Crippen LogP contribution in [0.2, 0.25) is 0 Å². The Balaban J connectivity index is 1.67. The van der Waals surface area contributed by atoms with Crippen molar-refractivity contribution in [2.75, 3.05) is 11.9 Å². The molecule has 0 aliphatic heterocycles. The average Bonchev–Trinajstić information content (AvgIpc) is 2.96. The van der Waals surface area contributed by atoms with Gasteiger partial charge in [0.15, 0.2) is 5.76 Å². The highest BCUT2D eigenvalue weighted by molar-refractivity contribution is 6.01. The van der Waals surface area contributed by atoms with E-state index in [1.165, 1.54) is 18.2 Å². The molecule has 0 aliphatic carbocycles. The van der Waals surface area contributed by atoms with Gasteiger partial charge in [-0.05, 0) is 43.2 Å². The van der Waals surface area contributed by atoms with Gasteiger partial charge in [0.25, 0.3) is 5.91 Å². The molecule has 0 bridgehead atoms. The Morgan fingerprint density at radius 2 is 1.92 bits per heavy atom. The quantitative estimate of drug-likeness (QED) is 0.732. The Morgan fingerprint density at radius 1 is 1.15 bits per heavy atom. The van der Waals surface area contributed by atoms with Crippen LogP contribution in [0.1, 0.15) is 28.6 Å². The molecule has 1 aromatic heterocycles. The van der Waals surface area contributed by atoms with Gasteiger partial charge in [-0.25, -0.2) is 4.39 Å². The number of amides is 2. The van der Waals surface area contributed by atoms with Crippen LogP contribution in [0.15, 0.2) is 46.9 Å². The van der Waals surface area contributed by atoms with Crippen molar-refractivity contribution in [3.63, 3.8) is 0 Å². The Bertz CT molecular complexity index is 978. The van der Waals surface area contributed by atoms with Gasteiger partial charge in [-0.15, -0.1) is 0 Å². The van der Waals surface area contributed by atoms with Gasteiger partial charge in [-0.3, -0.25) is 9.59 Å². The van der Waals surface area contributed by atoms with Gasteiger partial charge < -0.3 is 15.1 Å². The zero-order valence-electron chi connectivity index (χ0n) is 14.6. The molecule has 0 radical (unpaired) electrons. The van der Waals surface area contributed by atoms with Crippen molar-refractivity contribution in [3.8, 4) is 0 Å². The highest BCUT2D eigenvalue weighted by atomic mass is 19.1. The summed E-state index contributed by atoms with van der Waals surface area (Å²) in [7, 11) is 0. The van der Waals surface area contributed by atoms with E-state index in [4.69, 9.17) is 4.42 Å². The van der Waals surface area contributed by atoms with Gasteiger partial charge in [0.1, 0.15) is 11.4 Å². The second kappa shape index (κ2) is 7.39. The van der Waals surface area contributed by atoms with Crippen molar-refractivity contribution in [2.45, 2.75) is 20.3 Å². The number of benzene rings is 2. The summed E-state index contributed by atoms with van der Waals surface area (Å²) in [5, 5.41) is 5.86. The fraction of sp³-hybridized carbons (Fsp3) is 0.200. The number of furan rings is 1. The normalized spacial score (nSPS) is 10.7. The largest absolute Gasteiger partial charge is 0.451 e. The first kappa shape index (κ1) is 17.7. The minimum absolute atomic E-state index is 0.0763. The maximum atomic E-state index is 13.4. The van der Waals surface area contributed by atoms with E-state index in [2.05, 4.69) is 10.6 Å². The third kappa shape index (κ3) is 3.59. The zero-order chi connectivity index (χ0) is 18.7. The van der Waals surface area contributed by atoms with E-state index in [0.29, 0.717) is 16.5 Å². The molecule has 6 heteroatoms. The van der Waals surface area contributed by atoms with Crippen molar-refractivity contribution >= 4 is 28.5 Å². The van der Waals surface area contributed by atoms with Crippen LogP contribution in [0, 0.1) is 12.7 Å². The number of para-hydroxylation sites is 1. The van der Waals surface area contributed by atoms with Crippen molar-refractivity contribution < 1.29 is 18.4 Å². The summed E-state index contributed by atoms with van der Waals surface area (Å²) >= 11 is 0. The maximum Gasteiger partial charge on any atom is 0.287 e. The Labute approximate surface area is 150 Å². The highest BCUT2D eigenvalue weighted by Crippen LogP contribution is 2.25. The number of carbonyl (C=O) groups excluding carboxylic acids is 2. The van der Waals surface area contributed by atoms with Crippen LogP contribution in [-0.4, -0.2) is 18.4 Å². The first-order valence-electron chi connectivity index (χ1n) is 8.34. The van der Waals surface area contributed by atoms with E-state index in [9.17, 15) is 14.0 Å². The summed E-state index contributed by atoms with van der Waals surface area (Å²) < 4.78 is 18.8. The van der Waals surface area contributed by atoms with E-state index < -0.39 is 11.7 Å². The molecule has 0 unspecified atom stereocenters. The molecule has 0 fully saturated rings. The predicted molar refractivity (Wildman–Crippen MR) is 97.7 cm³/mol. The van der Waals surface area contributed by atoms with E-state index >= 15 is 0 Å². The minimum atomic E-state index is -0.516. The molecule has 0 saturated heterocycles. The second-order valence-electron chi connectivity index (χ2n) is 5.94. The fourth-order valence-corrected chi connectivity index (χ4v) is 2.80. The molecule has 0 spiro atoms. The van der Waals surface area contributed by atoms with Gasteiger partial charge in [-0.1, -0.05) is 25.1 Å². The molecule has 5 nitrogen and oxygen atoms in total. The highest BCUT2D eigenvalue weighted by Gasteiger charge is 2.18. The number of fused-ring (bicyclic) bond motifs is 1. The third-order valence-electron chi connectivity index (χ3n) is 4.19. The van der Waals surface area contributed by atoms with Gasteiger partial charge in [0.2, 0.25) is 5.91 Å². The lowest BCUT2D eigenvalue weighted by Crippen LogP contribution is -2.33. The summed E-state index contributed by atoms with van der Waals surface area (Å²) in [6.45, 7) is 3.49. The summed E-state index contributed by atoms with van der Waals surface area (Å²) in [5.41, 5.74) is 2.70. The van der Waals surface area contributed by atoms with Crippen LogP contribution in [0.4, 0.5) is 10.1 Å². The van der Waals surface area contributed by atoms with Crippen LogP contribution >= 0.6 is 0 Å². The van der Waals surface area contributed by atoms with Crippen molar-refractivity contribution in [2.24, 2.45) is 0 Å². The van der Waals surface area contributed by atoms with Crippen molar-refractivity contribution in [3.05, 3.63) is 65.2 Å². The molecule has 0 aliphatic rings. The van der Waals surface area contributed by atoms with Crippen molar-refractivity contribution in [1.29, 1.82) is 0 Å². The molecule has 1 heterocycles. The monoisotopic (exact) mass is 354 g/mol. The Hall–Kier alpha value is -3.15. The Morgan fingerprint density at radius 3 is 2.69 bits per heavy atom. The van der Waals surface area contributed by atoms with E-state index in [1.54, 1.807) is 6.92 Å². The van der Waals surface area contributed by atoms with E-state index in [0.717, 1.165) is 17.7 Å². The molecule has 26 heavy (non-hydrogen) atoms. The SMILES string of the molecule is CCc1ccccc1NC(=O)CNC(=O)c1oc2ccc(F)cc2c1C. The van der Waals surface area contributed by atoms with Gasteiger partial charge in [-0.2, -0.15) is 0 Å². The second-order valence-corrected chi connectivity index (χ2v) is 5.94. The summed E-state index contributed by atoms with van der Waals surface area (Å²) in [6, 6.07) is 11.6. The van der Waals surface area contributed by atoms with Crippen LogP contribution in [0.5, 0.6) is 0 Å². The standard InChI is InChI=1S/C20H19FN2O3/c1-3-13-6-4-5-7-16(13)23-18(24)11-22-20(25)19-12(2)15-10-14(21)8-9-17(15)26-19/h4-10H,3,11H2,1-2H3,(H,22,25)(H,23,24). The molecule has 2 N–H and O–H groups in total. The predicted octanol–water partition coefficient (Wildman–Crippen LogP) is 3.81. The minimum Gasteiger partial charge on any atom is -0.451 e. The molecule has 2 aromatic carbocycles. The number of hydrogen-bond donors (Lipinski definition) is 2. The molecular formula is C20H19FN2O3. The topological polar surface area (TPSA) is 71.3 Å². The van der Waals surface area contributed by atoms with Crippen LogP contribution in [-0.2, 0) is 11.2 Å². The number of nitrogens with one attached hydrogen (secondary N) is 2. The van der Waals surface area contributed by atoms with E-state index in [1.807, 2.05) is 31.2 Å². The molecule has 2 amide bonds. The molecule has 0 saturated carbocycles. The third-order valence-corrected chi connectivity index (χ3v) is 4.19. The molecular weight excluding hydrogens is 335 g/mol. The Kier molecular flexibility index (Phi) is 5.02. The van der Waals surface area contributed by atoms with Gasteiger partial charge in [0.05, 0.1) is 6.54 Å². The molecule has 3 rings (SSSR count). The molecule has 3 aromatic rings. The molecule has 134 valence electrons. The lowest BCUT2D eigenvalue weighted by Gasteiger charge is -2.10. The number of aryl methyl sites for hydroxylation is 2. The average molecular weight is 354 g/mol. The zero-order valence-corrected chi connectivity index (χ0v) is 14.6. The number of anilines is 1. The number of carbonyl (C=O) groups is 2. The van der Waals surface area contributed by atoms with Gasteiger partial charge in [0, 0.05) is 16.6 Å². The molecule has 0 atom stereocenters. The van der Waals surface area contributed by atoms with Gasteiger partial charge >= 0.3 is 0 Å². The summed E-state index contributed by atoms with van der Waals surface area (Å²) in [5.74, 6) is -1.17. The fourth-order valence-electron chi connectivity index (χ4n) is 2.80. The number of halogens is 1.